The number of amides is 2. The Hall–Kier alpha value is -3.55. The Kier molecular flexibility index (Phi) is 4.98. The third kappa shape index (κ3) is 3.55. The van der Waals surface area contributed by atoms with Crippen molar-refractivity contribution < 1.29 is 29.0 Å². The van der Waals surface area contributed by atoms with Gasteiger partial charge < -0.3 is 19.9 Å². The number of hydrogen-bond acceptors (Lipinski definition) is 6. The number of carbonyl (C=O) groups excluding carboxylic acids is 2. The number of anilines is 1. The van der Waals surface area contributed by atoms with E-state index in [1.165, 1.54) is 12.3 Å². The van der Waals surface area contributed by atoms with E-state index in [1.54, 1.807) is 24.3 Å². The van der Waals surface area contributed by atoms with Crippen LogP contribution in [0.3, 0.4) is 0 Å². The first kappa shape index (κ1) is 18.2. The molecule has 0 fully saturated rings. The van der Waals surface area contributed by atoms with Crippen LogP contribution >= 0.6 is 0 Å². The molecule has 2 heterocycles. The van der Waals surface area contributed by atoms with Gasteiger partial charge in [-0.2, -0.15) is 0 Å². The van der Waals surface area contributed by atoms with E-state index in [-0.39, 0.29) is 29.7 Å². The number of nitrogens with zero attached hydrogens (tertiary/aromatic N) is 1. The first-order chi connectivity index (χ1) is 12.9. The lowest BCUT2D eigenvalue weighted by atomic mass is 10.1. The summed E-state index contributed by atoms with van der Waals surface area (Å²) in [6, 6.07) is 6.84. The Balaban J connectivity index is 1.88. The van der Waals surface area contributed by atoms with Crippen LogP contribution in [0.5, 0.6) is 0 Å². The number of imide groups is 1. The molecular formula is C19H18N2O6. The monoisotopic (exact) mass is 370 g/mol. The largest absolute Gasteiger partial charge is 0.513 e. The summed E-state index contributed by atoms with van der Waals surface area (Å²) in [6.07, 6.45) is 1.37. The molecule has 8 heteroatoms. The van der Waals surface area contributed by atoms with Gasteiger partial charge in [-0.25, -0.2) is 4.79 Å². The molecule has 8 nitrogen and oxygen atoms in total. The Morgan fingerprint density at radius 2 is 1.96 bits per heavy atom. The number of aliphatic hydroxyl groups excluding tert-OH is 1. The standard InChI is InChI=1S/C19H18N2O6/c1-11(22)7-8-15(19(25)26)21-17(23)13-5-2-6-14(16(13)18(21)24)20-10-12-4-3-9-27-12/h2-6,9,15,20,22H,1,7-8,10H2,(H,25,26). The molecule has 2 aromatic rings. The van der Waals surface area contributed by atoms with Crippen molar-refractivity contribution in [1.29, 1.82) is 0 Å². The average Bonchev–Trinajstić information content (AvgIpc) is 3.22. The molecule has 3 N–H and O–H groups in total. The third-order valence-corrected chi connectivity index (χ3v) is 4.28. The second kappa shape index (κ2) is 7.36. The summed E-state index contributed by atoms with van der Waals surface area (Å²) in [5.41, 5.74) is 0.683. The first-order valence-electron chi connectivity index (χ1n) is 8.27. The summed E-state index contributed by atoms with van der Waals surface area (Å²) < 4.78 is 5.23. The van der Waals surface area contributed by atoms with Gasteiger partial charge in [0, 0.05) is 12.1 Å². The van der Waals surface area contributed by atoms with Crippen LogP contribution in [-0.4, -0.2) is 38.9 Å². The normalized spacial score (nSPS) is 14.1. The molecule has 1 aromatic carbocycles. The van der Waals surface area contributed by atoms with Crippen LogP contribution in [-0.2, 0) is 11.3 Å². The number of hydrogen-bond donors (Lipinski definition) is 3. The molecule has 1 aromatic heterocycles. The fraction of sp³-hybridized carbons (Fsp3) is 0.211. The van der Waals surface area contributed by atoms with E-state index in [9.17, 15) is 24.6 Å². The smallest absolute Gasteiger partial charge is 0.326 e. The van der Waals surface area contributed by atoms with Crippen molar-refractivity contribution in [1.82, 2.24) is 4.90 Å². The molecule has 0 saturated carbocycles. The molecular weight excluding hydrogens is 352 g/mol. The fourth-order valence-corrected chi connectivity index (χ4v) is 3.00. The summed E-state index contributed by atoms with van der Waals surface area (Å²) in [5, 5.41) is 21.8. The molecule has 140 valence electrons. The summed E-state index contributed by atoms with van der Waals surface area (Å²) >= 11 is 0. The van der Waals surface area contributed by atoms with Gasteiger partial charge in [-0.3, -0.25) is 14.5 Å². The number of carbonyl (C=O) groups is 3. The zero-order valence-corrected chi connectivity index (χ0v) is 14.3. The number of aliphatic hydroxyl groups is 1. The lowest BCUT2D eigenvalue weighted by Gasteiger charge is -2.22. The zero-order chi connectivity index (χ0) is 19.6. The number of nitrogens with one attached hydrogen (secondary N) is 1. The molecule has 1 unspecified atom stereocenters. The SMILES string of the molecule is C=C(O)CCC(C(=O)O)N1C(=O)c2cccc(NCc3ccco3)c2C1=O. The summed E-state index contributed by atoms with van der Waals surface area (Å²) in [7, 11) is 0. The maximum Gasteiger partial charge on any atom is 0.326 e. The van der Waals surface area contributed by atoms with Gasteiger partial charge in [0.05, 0.1) is 29.7 Å². The molecule has 0 spiro atoms. The van der Waals surface area contributed by atoms with Crippen LogP contribution in [0, 0.1) is 0 Å². The lowest BCUT2D eigenvalue weighted by Crippen LogP contribution is -2.44. The van der Waals surface area contributed by atoms with E-state index in [0.717, 1.165) is 4.90 Å². The van der Waals surface area contributed by atoms with Crippen LogP contribution in [0.25, 0.3) is 0 Å². The molecule has 0 aliphatic carbocycles. The Labute approximate surface area is 154 Å². The van der Waals surface area contributed by atoms with Gasteiger partial charge in [-0.15, -0.1) is 0 Å². The molecule has 1 aliphatic heterocycles. The van der Waals surface area contributed by atoms with E-state index < -0.39 is 23.8 Å². The molecule has 0 radical (unpaired) electrons. The van der Waals surface area contributed by atoms with Gasteiger partial charge in [-0.1, -0.05) is 12.6 Å². The fourth-order valence-electron chi connectivity index (χ4n) is 3.00. The Morgan fingerprint density at radius 3 is 2.59 bits per heavy atom. The number of benzene rings is 1. The minimum Gasteiger partial charge on any atom is -0.513 e. The van der Waals surface area contributed by atoms with Crippen LogP contribution < -0.4 is 5.32 Å². The lowest BCUT2D eigenvalue weighted by molar-refractivity contribution is -0.141. The topological polar surface area (TPSA) is 120 Å². The predicted molar refractivity (Wildman–Crippen MR) is 95.4 cm³/mol. The zero-order valence-electron chi connectivity index (χ0n) is 14.3. The molecule has 27 heavy (non-hydrogen) atoms. The number of allylic oxidation sites excluding steroid dienone is 1. The Morgan fingerprint density at radius 1 is 1.19 bits per heavy atom. The van der Waals surface area contributed by atoms with Crippen molar-refractivity contribution in [2.45, 2.75) is 25.4 Å². The highest BCUT2D eigenvalue weighted by Crippen LogP contribution is 2.32. The van der Waals surface area contributed by atoms with Crippen molar-refractivity contribution >= 4 is 23.5 Å². The molecule has 0 saturated heterocycles. The summed E-state index contributed by atoms with van der Waals surface area (Å²) in [5.74, 6) is -2.25. The number of fused-ring (bicyclic) bond motifs is 1. The second-order valence-electron chi connectivity index (χ2n) is 6.10. The predicted octanol–water partition coefficient (Wildman–Crippen LogP) is 2.79. The maximum atomic E-state index is 12.9. The highest BCUT2D eigenvalue weighted by molar-refractivity contribution is 6.24. The number of rotatable bonds is 8. The van der Waals surface area contributed by atoms with Crippen molar-refractivity contribution in [2.24, 2.45) is 0 Å². The van der Waals surface area contributed by atoms with Gasteiger partial charge in [0.1, 0.15) is 11.8 Å². The van der Waals surface area contributed by atoms with E-state index >= 15 is 0 Å². The highest BCUT2D eigenvalue weighted by atomic mass is 16.4. The van der Waals surface area contributed by atoms with Crippen molar-refractivity contribution in [2.75, 3.05) is 5.32 Å². The van der Waals surface area contributed by atoms with E-state index in [0.29, 0.717) is 18.0 Å². The maximum absolute atomic E-state index is 12.9. The number of furan rings is 1. The van der Waals surface area contributed by atoms with Crippen molar-refractivity contribution in [3.05, 3.63) is 65.8 Å². The molecule has 1 aliphatic rings. The Bertz CT molecular complexity index is 903. The van der Waals surface area contributed by atoms with E-state index in [2.05, 4.69) is 11.9 Å². The van der Waals surface area contributed by atoms with Crippen molar-refractivity contribution in [3.63, 3.8) is 0 Å². The second-order valence-corrected chi connectivity index (χ2v) is 6.10. The molecule has 0 bridgehead atoms. The highest BCUT2D eigenvalue weighted by Gasteiger charge is 2.44. The first-order valence-corrected chi connectivity index (χ1v) is 8.27. The van der Waals surface area contributed by atoms with Crippen LogP contribution in [0.4, 0.5) is 5.69 Å². The van der Waals surface area contributed by atoms with Gasteiger partial charge in [0.25, 0.3) is 11.8 Å². The van der Waals surface area contributed by atoms with Gasteiger partial charge >= 0.3 is 5.97 Å². The van der Waals surface area contributed by atoms with Crippen LogP contribution in [0.1, 0.15) is 39.3 Å². The van der Waals surface area contributed by atoms with Gasteiger partial charge in [-0.05, 0) is 30.7 Å². The van der Waals surface area contributed by atoms with E-state index in [4.69, 9.17) is 4.42 Å². The van der Waals surface area contributed by atoms with Crippen molar-refractivity contribution in [3.8, 4) is 0 Å². The minimum absolute atomic E-state index is 0.0338. The number of carboxylic acids is 1. The summed E-state index contributed by atoms with van der Waals surface area (Å²) in [4.78, 5) is 37.9. The minimum atomic E-state index is -1.39. The number of aliphatic carboxylic acids is 1. The molecule has 3 rings (SSSR count). The van der Waals surface area contributed by atoms with Crippen LogP contribution in [0.2, 0.25) is 0 Å². The van der Waals surface area contributed by atoms with Gasteiger partial charge in [0.15, 0.2) is 0 Å². The molecule has 1 atom stereocenters. The van der Waals surface area contributed by atoms with E-state index in [1.807, 2.05) is 0 Å². The van der Waals surface area contributed by atoms with Gasteiger partial charge in [0.2, 0.25) is 0 Å². The summed E-state index contributed by atoms with van der Waals surface area (Å²) in [6.45, 7) is 3.61. The molecule has 2 amide bonds. The third-order valence-electron chi connectivity index (χ3n) is 4.28. The quantitative estimate of drug-likeness (QED) is 0.483. The average molecular weight is 370 g/mol. The van der Waals surface area contributed by atoms with Crippen LogP contribution in [0.15, 0.2) is 53.4 Å². The number of carboxylic acid groups (broad SMARTS) is 1.